The summed E-state index contributed by atoms with van der Waals surface area (Å²) in [4.78, 5) is 8.75. The van der Waals surface area contributed by atoms with Crippen molar-refractivity contribution in [3.8, 4) is 0 Å². The fourth-order valence-corrected chi connectivity index (χ4v) is 2.19. The maximum absolute atomic E-state index is 5.73. The van der Waals surface area contributed by atoms with E-state index in [1.54, 1.807) is 6.20 Å². The summed E-state index contributed by atoms with van der Waals surface area (Å²) < 4.78 is 1.01. The third-order valence-electron chi connectivity index (χ3n) is 2.68. The van der Waals surface area contributed by atoms with Crippen molar-refractivity contribution in [2.45, 2.75) is 0 Å². The van der Waals surface area contributed by atoms with Gasteiger partial charge in [0.05, 0.1) is 5.52 Å². The summed E-state index contributed by atoms with van der Waals surface area (Å²) in [7, 11) is 0. The SMILES string of the molecule is Nc1cccc(Nc2ncc3cc(Br)ccc3n2)c1. The Morgan fingerprint density at radius 2 is 2.00 bits per heavy atom. The number of benzene rings is 2. The van der Waals surface area contributed by atoms with Crippen LogP contribution in [0.2, 0.25) is 0 Å². The molecule has 4 nitrogen and oxygen atoms in total. The zero-order chi connectivity index (χ0) is 13.2. The predicted octanol–water partition coefficient (Wildman–Crippen LogP) is 3.72. The number of hydrogen-bond acceptors (Lipinski definition) is 4. The van der Waals surface area contributed by atoms with Gasteiger partial charge >= 0.3 is 0 Å². The van der Waals surface area contributed by atoms with Gasteiger partial charge in [-0.05, 0) is 36.4 Å². The highest BCUT2D eigenvalue weighted by molar-refractivity contribution is 9.10. The molecule has 19 heavy (non-hydrogen) atoms. The molecule has 0 saturated heterocycles. The first-order chi connectivity index (χ1) is 9.20. The van der Waals surface area contributed by atoms with Gasteiger partial charge in [0.25, 0.3) is 0 Å². The van der Waals surface area contributed by atoms with E-state index in [1.807, 2.05) is 42.5 Å². The van der Waals surface area contributed by atoms with Crippen molar-refractivity contribution in [2.75, 3.05) is 11.1 Å². The molecule has 0 bridgehead atoms. The van der Waals surface area contributed by atoms with Gasteiger partial charge in [0.2, 0.25) is 5.95 Å². The van der Waals surface area contributed by atoms with Crippen molar-refractivity contribution in [1.82, 2.24) is 9.97 Å². The van der Waals surface area contributed by atoms with Crippen LogP contribution in [0.5, 0.6) is 0 Å². The quantitative estimate of drug-likeness (QED) is 0.708. The summed E-state index contributed by atoms with van der Waals surface area (Å²) in [6.45, 7) is 0. The van der Waals surface area contributed by atoms with Crippen LogP contribution in [0.25, 0.3) is 10.9 Å². The number of nitrogen functional groups attached to an aromatic ring is 1. The third kappa shape index (κ3) is 2.66. The molecule has 3 rings (SSSR count). The van der Waals surface area contributed by atoms with Crippen LogP contribution in [-0.2, 0) is 0 Å². The molecular weight excluding hydrogens is 304 g/mol. The molecule has 0 radical (unpaired) electrons. The largest absolute Gasteiger partial charge is 0.399 e. The molecule has 0 aliphatic rings. The fourth-order valence-electron chi connectivity index (χ4n) is 1.81. The second-order valence-corrected chi connectivity index (χ2v) is 5.06. The number of nitrogens with zero attached hydrogens (tertiary/aromatic N) is 2. The molecular formula is C14H11BrN4. The van der Waals surface area contributed by atoms with Crippen LogP contribution < -0.4 is 11.1 Å². The van der Waals surface area contributed by atoms with Crippen molar-refractivity contribution in [1.29, 1.82) is 0 Å². The number of fused-ring (bicyclic) bond motifs is 1. The number of nitrogens with one attached hydrogen (secondary N) is 1. The minimum Gasteiger partial charge on any atom is -0.399 e. The molecule has 0 saturated carbocycles. The Hall–Kier alpha value is -2.14. The lowest BCUT2D eigenvalue weighted by molar-refractivity contribution is 1.21. The number of anilines is 3. The van der Waals surface area contributed by atoms with Crippen LogP contribution >= 0.6 is 15.9 Å². The van der Waals surface area contributed by atoms with Gasteiger partial charge in [0.1, 0.15) is 0 Å². The van der Waals surface area contributed by atoms with Gasteiger partial charge in [-0.1, -0.05) is 22.0 Å². The second kappa shape index (κ2) is 4.85. The molecule has 0 atom stereocenters. The Labute approximate surface area is 118 Å². The van der Waals surface area contributed by atoms with Gasteiger partial charge in [-0.2, -0.15) is 0 Å². The van der Waals surface area contributed by atoms with Gasteiger partial charge in [-0.25, -0.2) is 9.97 Å². The van der Waals surface area contributed by atoms with Crippen molar-refractivity contribution in [3.63, 3.8) is 0 Å². The molecule has 0 spiro atoms. The average Bonchev–Trinajstić information content (AvgIpc) is 2.39. The predicted molar refractivity (Wildman–Crippen MR) is 81.4 cm³/mol. The monoisotopic (exact) mass is 314 g/mol. The summed E-state index contributed by atoms with van der Waals surface area (Å²) in [6.07, 6.45) is 1.79. The Kier molecular flexibility index (Phi) is 3.05. The number of rotatable bonds is 2. The van der Waals surface area contributed by atoms with E-state index in [-0.39, 0.29) is 0 Å². The van der Waals surface area contributed by atoms with Crippen LogP contribution in [0.3, 0.4) is 0 Å². The van der Waals surface area contributed by atoms with E-state index >= 15 is 0 Å². The van der Waals surface area contributed by atoms with E-state index in [0.717, 1.165) is 21.1 Å². The molecule has 3 aromatic rings. The summed E-state index contributed by atoms with van der Waals surface area (Å²) >= 11 is 3.43. The highest BCUT2D eigenvalue weighted by Gasteiger charge is 2.01. The first-order valence-corrected chi connectivity index (χ1v) is 6.55. The maximum atomic E-state index is 5.73. The van der Waals surface area contributed by atoms with Crippen LogP contribution in [0, 0.1) is 0 Å². The van der Waals surface area contributed by atoms with E-state index < -0.39 is 0 Å². The summed E-state index contributed by atoms with van der Waals surface area (Å²) in [5.74, 6) is 0.556. The van der Waals surface area contributed by atoms with E-state index in [0.29, 0.717) is 11.6 Å². The summed E-state index contributed by atoms with van der Waals surface area (Å²) in [5.41, 5.74) is 8.20. The lowest BCUT2D eigenvalue weighted by atomic mass is 10.2. The number of halogens is 1. The normalized spacial score (nSPS) is 10.6. The van der Waals surface area contributed by atoms with E-state index in [4.69, 9.17) is 5.73 Å². The Bertz CT molecular complexity index is 742. The van der Waals surface area contributed by atoms with Crippen LogP contribution in [0.15, 0.2) is 53.1 Å². The van der Waals surface area contributed by atoms with Crippen LogP contribution in [0.1, 0.15) is 0 Å². The average molecular weight is 315 g/mol. The fraction of sp³-hybridized carbons (Fsp3) is 0. The number of aromatic nitrogens is 2. The van der Waals surface area contributed by atoms with Gasteiger partial charge in [0.15, 0.2) is 0 Å². The minimum absolute atomic E-state index is 0.556. The minimum atomic E-state index is 0.556. The standard InChI is InChI=1S/C14H11BrN4/c15-10-4-5-13-9(6-10)8-17-14(19-13)18-12-3-1-2-11(16)7-12/h1-8H,16H2,(H,17,18,19). The first kappa shape index (κ1) is 11.9. The van der Waals surface area contributed by atoms with Crippen molar-refractivity contribution in [3.05, 3.63) is 53.1 Å². The zero-order valence-corrected chi connectivity index (χ0v) is 11.6. The Morgan fingerprint density at radius 3 is 2.84 bits per heavy atom. The molecule has 0 aliphatic heterocycles. The van der Waals surface area contributed by atoms with E-state index in [2.05, 4.69) is 31.2 Å². The van der Waals surface area contributed by atoms with Crippen LogP contribution in [0.4, 0.5) is 17.3 Å². The van der Waals surface area contributed by atoms with Gasteiger partial charge < -0.3 is 11.1 Å². The number of hydrogen-bond donors (Lipinski definition) is 2. The third-order valence-corrected chi connectivity index (χ3v) is 3.18. The van der Waals surface area contributed by atoms with E-state index in [9.17, 15) is 0 Å². The van der Waals surface area contributed by atoms with Gasteiger partial charge in [-0.3, -0.25) is 0 Å². The Balaban J connectivity index is 1.95. The zero-order valence-electron chi connectivity index (χ0n) is 9.97. The maximum Gasteiger partial charge on any atom is 0.227 e. The second-order valence-electron chi connectivity index (χ2n) is 4.15. The van der Waals surface area contributed by atoms with Gasteiger partial charge in [0, 0.05) is 27.4 Å². The topological polar surface area (TPSA) is 63.8 Å². The highest BCUT2D eigenvalue weighted by Crippen LogP contribution is 2.20. The molecule has 0 amide bonds. The number of nitrogens with two attached hydrogens (primary N) is 1. The molecule has 5 heteroatoms. The van der Waals surface area contributed by atoms with Crippen molar-refractivity contribution >= 4 is 44.2 Å². The lowest BCUT2D eigenvalue weighted by Gasteiger charge is -2.06. The van der Waals surface area contributed by atoms with Gasteiger partial charge in [-0.15, -0.1) is 0 Å². The first-order valence-electron chi connectivity index (χ1n) is 5.75. The molecule has 94 valence electrons. The Morgan fingerprint density at radius 1 is 1.11 bits per heavy atom. The summed E-state index contributed by atoms with van der Waals surface area (Å²) in [6, 6.07) is 13.4. The molecule has 1 heterocycles. The van der Waals surface area contributed by atoms with Crippen LogP contribution in [-0.4, -0.2) is 9.97 Å². The summed E-state index contributed by atoms with van der Waals surface area (Å²) in [5, 5.41) is 4.13. The molecule has 2 aromatic carbocycles. The van der Waals surface area contributed by atoms with Crippen molar-refractivity contribution < 1.29 is 0 Å². The molecule has 0 unspecified atom stereocenters. The van der Waals surface area contributed by atoms with E-state index in [1.165, 1.54) is 0 Å². The van der Waals surface area contributed by atoms with Crippen molar-refractivity contribution in [2.24, 2.45) is 0 Å². The molecule has 0 fully saturated rings. The highest BCUT2D eigenvalue weighted by atomic mass is 79.9. The smallest absolute Gasteiger partial charge is 0.227 e. The molecule has 1 aromatic heterocycles. The lowest BCUT2D eigenvalue weighted by Crippen LogP contribution is -1.97. The molecule has 3 N–H and O–H groups in total. The molecule has 0 aliphatic carbocycles.